The van der Waals surface area contributed by atoms with E-state index in [0.717, 1.165) is 17.4 Å². The van der Waals surface area contributed by atoms with Crippen LogP contribution in [0, 0.1) is 6.92 Å². The monoisotopic (exact) mass is 160 g/mol. The van der Waals surface area contributed by atoms with Gasteiger partial charge in [0.15, 0.2) is 0 Å². The first kappa shape index (κ1) is 8.72. The highest BCUT2D eigenvalue weighted by Gasteiger charge is 1.89. The molecule has 62 valence electrons. The third kappa shape index (κ3) is 2.35. The summed E-state index contributed by atoms with van der Waals surface area (Å²) in [6.45, 7) is 3.84. The Hall–Kier alpha value is -1.37. The van der Waals surface area contributed by atoms with Crippen molar-refractivity contribution < 1.29 is 4.79 Å². The van der Waals surface area contributed by atoms with E-state index in [1.165, 1.54) is 5.56 Å². The highest BCUT2D eigenvalue weighted by atomic mass is 16.1. The summed E-state index contributed by atoms with van der Waals surface area (Å²) < 4.78 is 0. The molecule has 0 radical (unpaired) electrons. The molecule has 0 aliphatic rings. The van der Waals surface area contributed by atoms with Crippen LogP contribution in [-0.4, -0.2) is 6.29 Å². The Labute approximate surface area is 72.7 Å². The van der Waals surface area contributed by atoms with Gasteiger partial charge in [0.25, 0.3) is 0 Å². The molecular weight excluding hydrogens is 148 g/mol. The number of rotatable bonds is 2. The lowest BCUT2D eigenvalue weighted by molar-refractivity contribution is -0.104. The first-order valence-electron chi connectivity index (χ1n) is 3.92. The molecule has 0 bridgehead atoms. The second kappa shape index (κ2) is 3.86. The van der Waals surface area contributed by atoms with Crippen molar-refractivity contribution in [1.82, 2.24) is 0 Å². The highest BCUT2D eigenvalue weighted by molar-refractivity contribution is 5.80. The first-order valence-corrected chi connectivity index (χ1v) is 3.92. The zero-order valence-electron chi connectivity index (χ0n) is 7.37. The predicted molar refractivity (Wildman–Crippen MR) is 50.9 cm³/mol. The Bertz CT molecular complexity index is 311. The normalized spacial score (nSPS) is 11.3. The maximum atomic E-state index is 10.3. The smallest absolute Gasteiger partial charge is 0.145 e. The van der Waals surface area contributed by atoms with Gasteiger partial charge in [-0.15, -0.1) is 0 Å². The van der Waals surface area contributed by atoms with E-state index in [4.69, 9.17) is 0 Å². The number of aryl methyl sites for hydroxylation is 1. The molecule has 0 aliphatic heterocycles. The lowest BCUT2D eigenvalue weighted by Crippen LogP contribution is -1.78. The van der Waals surface area contributed by atoms with Crippen LogP contribution in [0.3, 0.4) is 0 Å². The topological polar surface area (TPSA) is 17.1 Å². The van der Waals surface area contributed by atoms with Gasteiger partial charge in [-0.3, -0.25) is 4.79 Å². The Kier molecular flexibility index (Phi) is 2.81. The first-order chi connectivity index (χ1) is 5.72. The molecule has 1 aromatic rings. The molecule has 1 nitrogen and oxygen atoms in total. The summed E-state index contributed by atoms with van der Waals surface area (Å²) in [5.74, 6) is 0. The Balaban J connectivity index is 2.97. The van der Waals surface area contributed by atoms with Crippen molar-refractivity contribution in [2.24, 2.45) is 0 Å². The van der Waals surface area contributed by atoms with Crippen molar-refractivity contribution in [3.63, 3.8) is 0 Å². The van der Waals surface area contributed by atoms with E-state index >= 15 is 0 Å². The van der Waals surface area contributed by atoms with Gasteiger partial charge in [-0.05, 0) is 31.1 Å². The van der Waals surface area contributed by atoms with E-state index in [0.29, 0.717) is 0 Å². The number of aldehydes is 1. The second-order valence-corrected chi connectivity index (χ2v) is 2.92. The maximum Gasteiger partial charge on any atom is 0.145 e. The van der Waals surface area contributed by atoms with Gasteiger partial charge in [0.2, 0.25) is 0 Å². The lowest BCUT2D eigenvalue weighted by atomic mass is 10.1. The average Bonchev–Trinajstić information content (AvgIpc) is 2.04. The van der Waals surface area contributed by atoms with Crippen LogP contribution < -0.4 is 0 Å². The third-order valence-electron chi connectivity index (χ3n) is 1.62. The van der Waals surface area contributed by atoms with Gasteiger partial charge in [-0.25, -0.2) is 0 Å². The molecular formula is C11H12O. The predicted octanol–water partition coefficient (Wildman–Crippen LogP) is 2.60. The molecule has 0 amide bonds. The Morgan fingerprint density at radius 1 is 1.42 bits per heavy atom. The maximum absolute atomic E-state index is 10.3. The molecule has 0 aromatic heterocycles. The molecule has 1 heteroatoms. The summed E-state index contributed by atoms with van der Waals surface area (Å²) >= 11 is 0. The fourth-order valence-corrected chi connectivity index (χ4v) is 1.06. The van der Waals surface area contributed by atoms with E-state index < -0.39 is 0 Å². The molecule has 12 heavy (non-hydrogen) atoms. The average molecular weight is 160 g/mol. The Morgan fingerprint density at radius 2 is 2.17 bits per heavy atom. The fourth-order valence-electron chi connectivity index (χ4n) is 1.06. The van der Waals surface area contributed by atoms with Crippen LogP contribution >= 0.6 is 0 Å². The van der Waals surface area contributed by atoms with Crippen molar-refractivity contribution in [1.29, 1.82) is 0 Å². The minimum Gasteiger partial charge on any atom is -0.298 e. The van der Waals surface area contributed by atoms with Crippen molar-refractivity contribution in [2.75, 3.05) is 0 Å². The summed E-state index contributed by atoms with van der Waals surface area (Å²) in [6.07, 6.45) is 2.74. The number of hydrogen-bond acceptors (Lipinski definition) is 1. The largest absolute Gasteiger partial charge is 0.298 e. The van der Waals surface area contributed by atoms with Crippen molar-refractivity contribution >= 4 is 12.4 Å². The van der Waals surface area contributed by atoms with Crippen LogP contribution in [0.15, 0.2) is 29.8 Å². The number of hydrogen-bond donors (Lipinski definition) is 0. The van der Waals surface area contributed by atoms with Crippen molar-refractivity contribution in [2.45, 2.75) is 13.8 Å². The number of allylic oxidation sites excluding steroid dienone is 1. The minimum absolute atomic E-state index is 0.751. The molecule has 0 saturated heterocycles. The molecule has 0 saturated carbocycles. The van der Waals surface area contributed by atoms with Crippen LogP contribution in [0.1, 0.15) is 18.1 Å². The standard InChI is InChI=1S/C11H12O/c1-9-4-3-5-11(6-9)7-10(2)8-12/h3-8H,1-2H3. The molecule has 0 spiro atoms. The summed E-state index contributed by atoms with van der Waals surface area (Å²) in [4.78, 5) is 10.3. The van der Waals surface area contributed by atoms with Gasteiger partial charge in [0, 0.05) is 0 Å². The molecule has 1 rings (SSSR count). The van der Waals surface area contributed by atoms with E-state index in [1.807, 2.05) is 37.3 Å². The zero-order valence-corrected chi connectivity index (χ0v) is 7.37. The lowest BCUT2D eigenvalue weighted by Gasteiger charge is -1.95. The van der Waals surface area contributed by atoms with Gasteiger partial charge < -0.3 is 0 Å². The third-order valence-corrected chi connectivity index (χ3v) is 1.62. The summed E-state index contributed by atoms with van der Waals surface area (Å²) in [7, 11) is 0. The van der Waals surface area contributed by atoms with E-state index in [1.54, 1.807) is 6.92 Å². The molecule has 0 aliphatic carbocycles. The van der Waals surface area contributed by atoms with Crippen LogP contribution in [0.5, 0.6) is 0 Å². The number of benzene rings is 1. The van der Waals surface area contributed by atoms with Gasteiger partial charge in [0.1, 0.15) is 6.29 Å². The van der Waals surface area contributed by atoms with E-state index in [-0.39, 0.29) is 0 Å². The number of carbonyl (C=O) groups excluding carboxylic acids is 1. The number of carbonyl (C=O) groups is 1. The molecule has 1 aromatic carbocycles. The summed E-state index contributed by atoms with van der Waals surface area (Å²) in [5.41, 5.74) is 3.04. The highest BCUT2D eigenvalue weighted by Crippen LogP contribution is 2.07. The van der Waals surface area contributed by atoms with Crippen LogP contribution in [-0.2, 0) is 4.79 Å². The van der Waals surface area contributed by atoms with Gasteiger partial charge in [-0.1, -0.05) is 29.8 Å². The van der Waals surface area contributed by atoms with E-state index in [2.05, 4.69) is 0 Å². The van der Waals surface area contributed by atoms with E-state index in [9.17, 15) is 4.79 Å². The van der Waals surface area contributed by atoms with Crippen molar-refractivity contribution in [3.05, 3.63) is 41.0 Å². The minimum atomic E-state index is 0.751. The summed E-state index contributed by atoms with van der Waals surface area (Å²) in [6, 6.07) is 8.06. The molecule has 0 heterocycles. The van der Waals surface area contributed by atoms with Crippen LogP contribution in [0.4, 0.5) is 0 Å². The second-order valence-electron chi connectivity index (χ2n) is 2.92. The zero-order chi connectivity index (χ0) is 8.97. The van der Waals surface area contributed by atoms with Crippen LogP contribution in [0.2, 0.25) is 0 Å². The molecule has 0 fully saturated rings. The molecule has 0 unspecified atom stereocenters. The molecule has 0 atom stereocenters. The van der Waals surface area contributed by atoms with Gasteiger partial charge >= 0.3 is 0 Å². The summed E-state index contributed by atoms with van der Waals surface area (Å²) in [5, 5.41) is 0. The fraction of sp³-hybridized carbons (Fsp3) is 0.182. The van der Waals surface area contributed by atoms with Crippen LogP contribution in [0.25, 0.3) is 6.08 Å². The Morgan fingerprint density at radius 3 is 2.75 bits per heavy atom. The van der Waals surface area contributed by atoms with Gasteiger partial charge in [0.05, 0.1) is 0 Å². The SMILES string of the molecule is CC(C=O)=Cc1cccc(C)c1. The molecule has 0 N–H and O–H groups in total. The quantitative estimate of drug-likeness (QED) is 0.480. The van der Waals surface area contributed by atoms with Crippen molar-refractivity contribution in [3.8, 4) is 0 Å². The van der Waals surface area contributed by atoms with Gasteiger partial charge in [-0.2, -0.15) is 0 Å².